The molecule has 4 aliphatic rings. The van der Waals surface area contributed by atoms with Crippen LogP contribution in [0.4, 0.5) is 17.6 Å². The lowest BCUT2D eigenvalue weighted by Crippen LogP contribution is -2.63. The van der Waals surface area contributed by atoms with Crippen LogP contribution in [0.15, 0.2) is 33.7 Å². The van der Waals surface area contributed by atoms with E-state index in [1.54, 1.807) is 13.3 Å². The first-order valence-corrected chi connectivity index (χ1v) is 11.4. The molecule has 8 nitrogen and oxygen atoms in total. The van der Waals surface area contributed by atoms with Gasteiger partial charge in [-0.05, 0) is 12.2 Å². The number of hydroxylamine groups is 2. The maximum Gasteiger partial charge on any atom is 0.415 e. The van der Waals surface area contributed by atoms with Gasteiger partial charge in [0, 0.05) is 43.0 Å². The minimum absolute atomic E-state index is 0.0136. The quantitative estimate of drug-likeness (QED) is 0.390. The van der Waals surface area contributed by atoms with E-state index in [1.807, 2.05) is 0 Å². The van der Waals surface area contributed by atoms with Gasteiger partial charge in [0.05, 0.1) is 43.6 Å². The molecule has 2 unspecified atom stereocenters. The van der Waals surface area contributed by atoms with Gasteiger partial charge in [-0.2, -0.15) is 13.2 Å². The maximum atomic E-state index is 15.0. The Labute approximate surface area is 192 Å². The van der Waals surface area contributed by atoms with Crippen LogP contribution in [0.1, 0.15) is 6.42 Å². The first-order chi connectivity index (χ1) is 15.6. The molecule has 0 bridgehead atoms. The van der Waals surface area contributed by atoms with Crippen molar-refractivity contribution in [3.8, 4) is 0 Å². The number of rotatable bonds is 6. The van der Waals surface area contributed by atoms with E-state index in [0.717, 1.165) is 22.9 Å². The molecule has 0 aromatic carbocycles. The number of nitrogens with zero attached hydrogens (tertiary/aromatic N) is 3. The van der Waals surface area contributed by atoms with Gasteiger partial charge in [-0.1, -0.05) is 11.8 Å². The third kappa shape index (κ3) is 4.81. The van der Waals surface area contributed by atoms with Gasteiger partial charge in [0.1, 0.15) is 5.83 Å². The molecule has 13 heteroatoms. The summed E-state index contributed by atoms with van der Waals surface area (Å²) >= 11 is 0.951. The van der Waals surface area contributed by atoms with Crippen molar-refractivity contribution in [1.82, 2.24) is 10.4 Å². The van der Waals surface area contributed by atoms with Crippen LogP contribution < -0.4 is 5.32 Å². The summed E-state index contributed by atoms with van der Waals surface area (Å²) in [6, 6.07) is -0.335. The van der Waals surface area contributed by atoms with Crippen LogP contribution in [0.3, 0.4) is 0 Å². The number of fused-ring (bicyclic) bond motifs is 1. The zero-order valence-corrected chi connectivity index (χ0v) is 18.6. The summed E-state index contributed by atoms with van der Waals surface area (Å²) in [6.07, 6.45) is -2.56. The number of alkyl halides is 3. The second-order valence-corrected chi connectivity index (χ2v) is 9.46. The largest absolute Gasteiger partial charge is 0.415 e. The Morgan fingerprint density at radius 3 is 2.88 bits per heavy atom. The van der Waals surface area contributed by atoms with Gasteiger partial charge >= 0.3 is 6.18 Å². The molecule has 2 fully saturated rings. The topological polar surface area (TPSA) is 103 Å². The van der Waals surface area contributed by atoms with Gasteiger partial charge in [-0.25, -0.2) is 4.39 Å². The van der Waals surface area contributed by atoms with E-state index >= 15 is 4.39 Å². The van der Waals surface area contributed by atoms with Crippen molar-refractivity contribution >= 4 is 28.9 Å². The van der Waals surface area contributed by atoms with E-state index < -0.39 is 35.5 Å². The first-order valence-electron chi connectivity index (χ1n) is 10.4. The summed E-state index contributed by atoms with van der Waals surface area (Å²) in [7, 11) is 1.55. The van der Waals surface area contributed by atoms with Crippen molar-refractivity contribution < 1.29 is 32.2 Å². The number of methoxy groups -OCH3 is 1. The Balaban J connectivity index is 1.50. The van der Waals surface area contributed by atoms with E-state index in [4.69, 9.17) is 14.9 Å². The number of allylic oxidation sites excluding steroid dienone is 3. The Morgan fingerprint density at radius 2 is 2.21 bits per heavy atom. The summed E-state index contributed by atoms with van der Waals surface area (Å²) < 4.78 is 65.9. The van der Waals surface area contributed by atoms with Gasteiger partial charge in [0.15, 0.2) is 11.3 Å². The van der Waals surface area contributed by atoms with Gasteiger partial charge in [0.2, 0.25) is 0 Å². The van der Waals surface area contributed by atoms with E-state index in [1.165, 1.54) is 6.08 Å². The molecule has 3 N–H and O–H groups in total. The molecule has 33 heavy (non-hydrogen) atoms. The molecule has 0 aromatic rings. The number of nitrogens with one attached hydrogen (secondary N) is 2. The third-order valence-electron chi connectivity index (χ3n) is 6.35. The highest BCUT2D eigenvalue weighted by atomic mass is 32.2. The van der Waals surface area contributed by atoms with Crippen LogP contribution >= 0.6 is 11.8 Å². The molecule has 4 rings (SSSR count). The van der Waals surface area contributed by atoms with Gasteiger partial charge in [-0.3, -0.25) is 25.7 Å². The highest BCUT2D eigenvalue weighted by Gasteiger charge is 2.64. The molecule has 0 aromatic heterocycles. The van der Waals surface area contributed by atoms with Crippen molar-refractivity contribution in [2.45, 2.75) is 30.3 Å². The molecule has 3 heterocycles. The average molecular weight is 492 g/mol. The molecule has 0 spiro atoms. The van der Waals surface area contributed by atoms with Crippen LogP contribution in [0.5, 0.6) is 0 Å². The molecule has 1 aliphatic carbocycles. The second kappa shape index (κ2) is 9.35. The number of amidine groups is 1. The lowest BCUT2D eigenvalue weighted by molar-refractivity contribution is -0.215. The Hall–Kier alpha value is -1.96. The Bertz CT molecular complexity index is 909. The fourth-order valence-electron chi connectivity index (χ4n) is 4.72. The molecule has 0 radical (unpaired) electrons. The molecule has 0 amide bonds. The van der Waals surface area contributed by atoms with E-state index in [9.17, 15) is 18.4 Å². The average Bonchev–Trinajstić information content (AvgIpc) is 3.15. The van der Waals surface area contributed by atoms with E-state index in [-0.39, 0.29) is 36.5 Å². The fourth-order valence-corrected chi connectivity index (χ4v) is 5.80. The van der Waals surface area contributed by atoms with Gasteiger partial charge < -0.3 is 14.8 Å². The third-order valence-corrected chi connectivity index (χ3v) is 7.27. The monoisotopic (exact) mass is 491 g/mol. The minimum atomic E-state index is -4.61. The van der Waals surface area contributed by atoms with E-state index in [0.29, 0.717) is 24.6 Å². The number of ether oxygens (including phenoxy) is 2. The zero-order valence-electron chi connectivity index (χ0n) is 17.8. The SMILES string of the molecule is COCC1=NCC(CN(O)C2=CC=C(F)C([C@]34CO[C@H](C(F)(F)F)[C@H]3CSC(=N)N4)C2)N=C1. The molecular formula is C20H25F4N5O3S. The number of halogens is 4. The molecule has 2 saturated heterocycles. The lowest BCUT2D eigenvalue weighted by Gasteiger charge is -2.46. The highest BCUT2D eigenvalue weighted by Crippen LogP contribution is 2.51. The number of hydrogen-bond acceptors (Lipinski definition) is 8. The van der Waals surface area contributed by atoms with Crippen LogP contribution in [-0.4, -0.2) is 90.4 Å². The molecule has 182 valence electrons. The standard InChI is InChI=1S/C20H25F4N5O3S/c1-31-8-12-6-26-11(5-27-12)7-29(30)13-2-3-16(21)14(4-13)19-10-32-17(20(22,23)24)15(19)9-33-18(25)28-19/h2-3,6,11,14-15,17,30H,4-5,7-10H2,1H3,(H2,25,28)/t11?,14?,15-,17+,19-/m1/s1. The summed E-state index contributed by atoms with van der Waals surface area (Å²) in [6.45, 7) is 0.377. The van der Waals surface area contributed by atoms with Gasteiger partial charge in [-0.15, -0.1) is 0 Å². The predicted molar refractivity (Wildman–Crippen MR) is 116 cm³/mol. The summed E-state index contributed by atoms with van der Waals surface area (Å²) in [5, 5.41) is 22.4. The highest BCUT2D eigenvalue weighted by molar-refractivity contribution is 8.13. The smallest absolute Gasteiger partial charge is 0.378 e. The van der Waals surface area contributed by atoms with Crippen LogP contribution in [0.25, 0.3) is 0 Å². The van der Waals surface area contributed by atoms with Crippen molar-refractivity contribution in [2.75, 3.05) is 39.2 Å². The van der Waals surface area contributed by atoms with Crippen LogP contribution in [0, 0.1) is 17.2 Å². The van der Waals surface area contributed by atoms with E-state index in [2.05, 4.69) is 15.3 Å². The Kier molecular flexibility index (Phi) is 6.85. The van der Waals surface area contributed by atoms with Crippen molar-refractivity contribution in [1.29, 1.82) is 5.41 Å². The molecule has 5 atom stereocenters. The van der Waals surface area contributed by atoms with Crippen LogP contribution in [-0.2, 0) is 9.47 Å². The molecule has 0 saturated carbocycles. The normalized spacial score (nSPS) is 34.2. The van der Waals surface area contributed by atoms with Crippen molar-refractivity contribution in [3.63, 3.8) is 0 Å². The fraction of sp³-hybridized carbons (Fsp3) is 0.650. The van der Waals surface area contributed by atoms with Gasteiger partial charge in [0.25, 0.3) is 0 Å². The number of thioether (sulfide) groups is 1. The molecule has 3 aliphatic heterocycles. The summed E-state index contributed by atoms with van der Waals surface area (Å²) in [5.41, 5.74) is -0.404. The maximum absolute atomic E-state index is 15.0. The summed E-state index contributed by atoms with van der Waals surface area (Å²) in [4.78, 5) is 8.68. The second-order valence-electron chi connectivity index (χ2n) is 8.43. The predicted octanol–water partition coefficient (Wildman–Crippen LogP) is 2.56. The lowest BCUT2D eigenvalue weighted by atomic mass is 9.70. The Morgan fingerprint density at radius 1 is 1.42 bits per heavy atom. The van der Waals surface area contributed by atoms with Crippen molar-refractivity contribution in [3.05, 3.63) is 23.7 Å². The minimum Gasteiger partial charge on any atom is -0.378 e. The number of aliphatic imine (C=N–C) groups is 2. The summed E-state index contributed by atoms with van der Waals surface area (Å²) in [5.74, 6) is -2.74. The first kappa shape index (κ1) is 24.2. The van der Waals surface area contributed by atoms with Crippen molar-refractivity contribution in [2.24, 2.45) is 21.8 Å². The molecular weight excluding hydrogens is 466 g/mol. The van der Waals surface area contributed by atoms with Crippen LogP contribution in [0.2, 0.25) is 0 Å². The number of hydrogen-bond donors (Lipinski definition) is 3. The zero-order chi connectivity index (χ0) is 23.8.